The van der Waals surface area contributed by atoms with E-state index in [0.29, 0.717) is 28.3 Å². The summed E-state index contributed by atoms with van der Waals surface area (Å²) in [5.74, 6) is -1.10. The van der Waals surface area contributed by atoms with Crippen molar-refractivity contribution in [2.24, 2.45) is 5.16 Å². The fourth-order valence-corrected chi connectivity index (χ4v) is 4.59. The first-order chi connectivity index (χ1) is 15.0. The Labute approximate surface area is 180 Å². The molecular formula is C23H16N2O5S. The number of hydrogen-bond acceptors (Lipinski definition) is 7. The fraction of sp³-hybridized carbons (Fsp3) is 0.130. The van der Waals surface area contributed by atoms with Gasteiger partial charge in [-0.15, -0.1) is 11.3 Å². The Balaban J connectivity index is 1.74. The molecule has 0 spiro atoms. The molecule has 31 heavy (non-hydrogen) atoms. The van der Waals surface area contributed by atoms with Gasteiger partial charge in [0.1, 0.15) is 0 Å². The molecule has 7 nitrogen and oxygen atoms in total. The van der Waals surface area contributed by atoms with Crippen molar-refractivity contribution in [1.29, 1.82) is 0 Å². The minimum atomic E-state index is -0.649. The van der Waals surface area contributed by atoms with Crippen LogP contribution >= 0.6 is 11.3 Å². The number of nitrogens with zero attached hydrogens (tertiary/aromatic N) is 2. The second-order valence-electron chi connectivity index (χ2n) is 7.03. The van der Waals surface area contributed by atoms with E-state index in [9.17, 15) is 14.4 Å². The van der Waals surface area contributed by atoms with Crippen molar-refractivity contribution in [2.45, 2.75) is 20.4 Å². The van der Waals surface area contributed by atoms with Gasteiger partial charge in [-0.05, 0) is 53.9 Å². The second-order valence-corrected chi connectivity index (χ2v) is 7.98. The van der Waals surface area contributed by atoms with Crippen molar-refractivity contribution in [3.8, 4) is 5.75 Å². The Kier molecular flexibility index (Phi) is 4.44. The van der Waals surface area contributed by atoms with Crippen LogP contribution in [0.15, 0.2) is 53.0 Å². The summed E-state index contributed by atoms with van der Waals surface area (Å²) in [7, 11) is 0. The molecule has 1 aliphatic heterocycles. The van der Waals surface area contributed by atoms with Gasteiger partial charge in [0.25, 0.3) is 5.78 Å². The number of aromatic nitrogens is 1. The lowest BCUT2D eigenvalue weighted by atomic mass is 10.0. The van der Waals surface area contributed by atoms with Crippen molar-refractivity contribution in [3.05, 3.63) is 63.8 Å². The molecule has 5 rings (SSSR count). The maximum atomic E-state index is 12.9. The Morgan fingerprint density at radius 2 is 1.97 bits per heavy atom. The Bertz CT molecular complexity index is 1430. The fourth-order valence-electron chi connectivity index (χ4n) is 3.90. The van der Waals surface area contributed by atoms with Gasteiger partial charge >= 0.3 is 11.9 Å². The molecule has 154 valence electrons. The third-order valence-electron chi connectivity index (χ3n) is 5.20. The number of benzene rings is 2. The van der Waals surface area contributed by atoms with Crippen LogP contribution in [0.3, 0.4) is 0 Å². The molecule has 0 radical (unpaired) electrons. The van der Waals surface area contributed by atoms with Crippen LogP contribution < -0.4 is 4.74 Å². The van der Waals surface area contributed by atoms with E-state index in [1.54, 1.807) is 12.1 Å². The molecule has 0 N–H and O–H groups in total. The molecular weight excluding hydrogens is 416 g/mol. The molecule has 0 fully saturated rings. The number of fused-ring (bicyclic) bond motifs is 5. The monoisotopic (exact) mass is 432 g/mol. The van der Waals surface area contributed by atoms with Crippen molar-refractivity contribution < 1.29 is 24.0 Å². The number of Topliss-reactive ketones (excluding diaryl/α,β-unsaturated/α-hetero) is 1. The van der Waals surface area contributed by atoms with Crippen molar-refractivity contribution in [1.82, 2.24) is 4.57 Å². The number of rotatable bonds is 4. The summed E-state index contributed by atoms with van der Waals surface area (Å²) in [5, 5.41) is 6.94. The predicted molar refractivity (Wildman–Crippen MR) is 117 cm³/mol. The quantitative estimate of drug-likeness (QED) is 0.268. The van der Waals surface area contributed by atoms with Gasteiger partial charge in [-0.1, -0.05) is 6.07 Å². The van der Waals surface area contributed by atoms with E-state index in [1.807, 2.05) is 42.6 Å². The molecule has 0 atom stereocenters. The average molecular weight is 432 g/mol. The van der Waals surface area contributed by atoms with Gasteiger partial charge in [0, 0.05) is 29.9 Å². The first-order valence-electron chi connectivity index (χ1n) is 9.65. The highest BCUT2D eigenvalue weighted by Crippen LogP contribution is 2.41. The molecule has 2 aromatic carbocycles. The number of carbonyl (C=O) groups excluding carboxylic acids is 3. The topological polar surface area (TPSA) is 87.0 Å². The zero-order chi connectivity index (χ0) is 21.7. The summed E-state index contributed by atoms with van der Waals surface area (Å²) in [6, 6.07) is 12.7. The minimum Gasteiger partial charge on any atom is -0.432 e. The third kappa shape index (κ3) is 2.95. The lowest BCUT2D eigenvalue weighted by Crippen LogP contribution is -2.13. The first kappa shape index (κ1) is 19.2. The van der Waals surface area contributed by atoms with Crippen LogP contribution in [0.2, 0.25) is 0 Å². The van der Waals surface area contributed by atoms with E-state index in [2.05, 4.69) is 14.6 Å². The molecule has 2 aromatic heterocycles. The molecule has 1 aliphatic rings. The van der Waals surface area contributed by atoms with E-state index in [-0.39, 0.29) is 11.7 Å². The average Bonchev–Trinajstić information content (AvgIpc) is 3.47. The van der Waals surface area contributed by atoms with Crippen LogP contribution in [0, 0.1) is 0 Å². The predicted octanol–water partition coefficient (Wildman–Crippen LogP) is 4.56. The normalized spacial score (nSPS) is 14.3. The van der Waals surface area contributed by atoms with Crippen LogP contribution in [0.5, 0.6) is 5.75 Å². The number of aryl methyl sites for hydroxylation is 1. The number of ketones is 2. The zero-order valence-electron chi connectivity index (χ0n) is 16.7. The van der Waals surface area contributed by atoms with Gasteiger partial charge in [0.15, 0.2) is 5.75 Å². The zero-order valence-corrected chi connectivity index (χ0v) is 17.5. The van der Waals surface area contributed by atoms with E-state index in [4.69, 9.17) is 4.74 Å². The highest BCUT2D eigenvalue weighted by molar-refractivity contribution is 7.12. The highest BCUT2D eigenvalue weighted by atomic mass is 32.1. The van der Waals surface area contributed by atoms with Crippen LogP contribution in [-0.4, -0.2) is 28.0 Å². The van der Waals surface area contributed by atoms with Crippen LogP contribution in [0.4, 0.5) is 0 Å². The number of ether oxygens (including phenoxy) is 1. The van der Waals surface area contributed by atoms with Gasteiger partial charge in [-0.2, -0.15) is 0 Å². The summed E-state index contributed by atoms with van der Waals surface area (Å²) in [6.07, 6.45) is 0. The standard InChI is InChI=1S/C23H16N2O5S/c1-3-25-16-8-6-13(20(27)18-5-4-10-31-18)11-15(16)19-17(25)9-7-14-21(28)23(29-22(14)19)24-30-12(2)26/h4-11H,3H2,1-2H3. The van der Waals surface area contributed by atoms with Crippen LogP contribution in [-0.2, 0) is 16.2 Å². The molecule has 4 aromatic rings. The van der Waals surface area contributed by atoms with Gasteiger partial charge < -0.3 is 14.1 Å². The largest absolute Gasteiger partial charge is 0.432 e. The van der Waals surface area contributed by atoms with Crippen LogP contribution in [0.25, 0.3) is 21.8 Å². The van der Waals surface area contributed by atoms with Gasteiger partial charge in [-0.3, -0.25) is 9.59 Å². The second kappa shape index (κ2) is 7.17. The van der Waals surface area contributed by atoms with Crippen molar-refractivity contribution in [2.75, 3.05) is 0 Å². The van der Waals surface area contributed by atoms with Gasteiger partial charge in [-0.25, -0.2) is 4.79 Å². The Morgan fingerprint density at radius 3 is 2.68 bits per heavy atom. The molecule has 0 saturated carbocycles. The van der Waals surface area contributed by atoms with Gasteiger partial charge in [0.05, 0.1) is 21.3 Å². The number of hydrogen-bond donors (Lipinski definition) is 0. The molecule has 0 saturated heterocycles. The van der Waals surface area contributed by atoms with E-state index < -0.39 is 11.8 Å². The van der Waals surface area contributed by atoms with Crippen molar-refractivity contribution in [3.63, 3.8) is 0 Å². The van der Waals surface area contributed by atoms with Crippen molar-refractivity contribution >= 4 is 56.6 Å². The summed E-state index contributed by atoms with van der Waals surface area (Å²) in [4.78, 5) is 41.9. The highest BCUT2D eigenvalue weighted by Gasteiger charge is 2.33. The molecule has 8 heteroatoms. The number of oxime groups is 1. The molecule has 0 unspecified atom stereocenters. The molecule has 0 aliphatic carbocycles. The lowest BCUT2D eigenvalue weighted by Gasteiger charge is -2.03. The van der Waals surface area contributed by atoms with E-state index in [1.165, 1.54) is 18.3 Å². The first-order valence-corrected chi connectivity index (χ1v) is 10.5. The number of thiophene rings is 1. The Hall–Kier alpha value is -3.78. The van der Waals surface area contributed by atoms with E-state index in [0.717, 1.165) is 21.8 Å². The van der Waals surface area contributed by atoms with Crippen LogP contribution in [0.1, 0.15) is 39.4 Å². The Morgan fingerprint density at radius 1 is 1.16 bits per heavy atom. The summed E-state index contributed by atoms with van der Waals surface area (Å²) >= 11 is 1.39. The third-order valence-corrected chi connectivity index (χ3v) is 6.07. The minimum absolute atomic E-state index is 0.0593. The maximum absolute atomic E-state index is 12.9. The summed E-state index contributed by atoms with van der Waals surface area (Å²) < 4.78 is 7.85. The lowest BCUT2D eigenvalue weighted by molar-refractivity contribution is -0.141. The molecule has 0 bridgehead atoms. The summed E-state index contributed by atoms with van der Waals surface area (Å²) in [5.41, 5.74) is 2.69. The maximum Gasteiger partial charge on any atom is 0.332 e. The summed E-state index contributed by atoms with van der Waals surface area (Å²) in [6.45, 7) is 3.91. The molecule has 0 amide bonds. The molecule has 3 heterocycles. The SMILES string of the molecule is CCn1c2ccc(C(=O)c3cccs3)cc2c2c3c(ccc21)C(=O)C(=NOC(C)=O)O3. The number of carbonyl (C=O) groups is 3. The van der Waals surface area contributed by atoms with Gasteiger partial charge in [0.2, 0.25) is 5.78 Å². The van der Waals surface area contributed by atoms with E-state index >= 15 is 0 Å². The smallest absolute Gasteiger partial charge is 0.332 e.